The van der Waals surface area contributed by atoms with Crippen molar-refractivity contribution in [3.63, 3.8) is 0 Å². The first kappa shape index (κ1) is 17.9. The molecule has 1 aliphatic heterocycles. The molecule has 6 nitrogen and oxygen atoms in total. The van der Waals surface area contributed by atoms with E-state index in [1.807, 2.05) is 18.7 Å². The lowest BCUT2D eigenvalue weighted by Gasteiger charge is -2.35. The summed E-state index contributed by atoms with van der Waals surface area (Å²) in [5, 5.41) is 3.02. The Bertz CT molecular complexity index is 440. The van der Waals surface area contributed by atoms with Crippen LogP contribution in [0.25, 0.3) is 0 Å². The van der Waals surface area contributed by atoms with Crippen LogP contribution in [-0.4, -0.2) is 84.9 Å². The fourth-order valence-electron chi connectivity index (χ4n) is 2.80. The van der Waals surface area contributed by atoms with Crippen LogP contribution in [0.4, 0.5) is 0 Å². The van der Waals surface area contributed by atoms with Crippen molar-refractivity contribution < 1.29 is 9.59 Å². The predicted molar refractivity (Wildman–Crippen MR) is 91.1 cm³/mol. The second kappa shape index (κ2) is 8.45. The van der Waals surface area contributed by atoms with E-state index in [1.54, 1.807) is 0 Å². The van der Waals surface area contributed by atoms with Crippen LogP contribution in [0, 0.1) is 0 Å². The summed E-state index contributed by atoms with van der Waals surface area (Å²) in [5.41, 5.74) is 1.01. The van der Waals surface area contributed by atoms with Gasteiger partial charge in [0.2, 0.25) is 11.8 Å². The van der Waals surface area contributed by atoms with E-state index in [1.165, 1.54) is 0 Å². The Morgan fingerprint density at radius 1 is 1.13 bits per heavy atom. The Morgan fingerprint density at radius 3 is 2.17 bits per heavy atom. The van der Waals surface area contributed by atoms with Gasteiger partial charge in [-0.1, -0.05) is 12.2 Å². The summed E-state index contributed by atoms with van der Waals surface area (Å²) in [4.78, 5) is 30.3. The number of piperazine rings is 1. The zero-order chi connectivity index (χ0) is 16.8. The molecule has 0 radical (unpaired) electrons. The van der Waals surface area contributed by atoms with Gasteiger partial charge in [-0.3, -0.25) is 19.4 Å². The van der Waals surface area contributed by atoms with Crippen molar-refractivity contribution in [2.75, 3.05) is 52.4 Å². The van der Waals surface area contributed by atoms with Crippen molar-refractivity contribution in [3.8, 4) is 0 Å². The second-order valence-electron chi connectivity index (χ2n) is 6.76. The van der Waals surface area contributed by atoms with E-state index < -0.39 is 0 Å². The molecule has 2 amide bonds. The molecule has 1 saturated heterocycles. The van der Waals surface area contributed by atoms with Crippen molar-refractivity contribution in [1.82, 2.24) is 20.0 Å². The van der Waals surface area contributed by atoms with Crippen LogP contribution in [0.3, 0.4) is 0 Å². The van der Waals surface area contributed by atoms with Gasteiger partial charge in [0, 0.05) is 45.3 Å². The summed E-state index contributed by atoms with van der Waals surface area (Å²) >= 11 is 0. The van der Waals surface area contributed by atoms with Gasteiger partial charge in [-0.05, 0) is 26.7 Å². The fourth-order valence-corrected chi connectivity index (χ4v) is 2.80. The second-order valence-corrected chi connectivity index (χ2v) is 6.76. The number of hydrogen-bond donors (Lipinski definition) is 1. The van der Waals surface area contributed by atoms with Crippen LogP contribution in [0.2, 0.25) is 0 Å². The largest absolute Gasteiger partial charge is 0.352 e. The first-order valence-electron chi connectivity index (χ1n) is 8.64. The van der Waals surface area contributed by atoms with Gasteiger partial charge >= 0.3 is 0 Å². The molecule has 6 heteroatoms. The van der Waals surface area contributed by atoms with Crippen LogP contribution in [0.15, 0.2) is 12.2 Å². The van der Waals surface area contributed by atoms with Crippen molar-refractivity contribution >= 4 is 11.8 Å². The van der Waals surface area contributed by atoms with Crippen molar-refractivity contribution in [1.29, 1.82) is 0 Å². The minimum absolute atomic E-state index is 0.135. The molecule has 2 rings (SSSR count). The van der Waals surface area contributed by atoms with Crippen molar-refractivity contribution in [3.05, 3.63) is 12.2 Å². The number of nitrogens with zero attached hydrogens (tertiary/aromatic N) is 3. The normalized spacial score (nSPS) is 19.4. The van der Waals surface area contributed by atoms with E-state index >= 15 is 0 Å². The molecule has 0 aromatic rings. The summed E-state index contributed by atoms with van der Waals surface area (Å²) in [7, 11) is 0. The Balaban J connectivity index is 1.67. The molecular weight excluding hydrogens is 292 g/mol. The Morgan fingerprint density at radius 2 is 1.70 bits per heavy atom. The Kier molecular flexibility index (Phi) is 6.59. The molecule has 1 N–H and O–H groups in total. The highest BCUT2D eigenvalue weighted by Gasteiger charge is 2.26. The SMILES string of the molecule is C=C(C)CN(CC)C(=O)CN1CCN(CC(=O)NC2CC2)CC1. The average Bonchev–Trinajstić information content (AvgIpc) is 3.30. The molecule has 23 heavy (non-hydrogen) atoms. The van der Waals surface area contributed by atoms with Gasteiger partial charge in [0.25, 0.3) is 0 Å². The number of hydrogen-bond acceptors (Lipinski definition) is 4. The third-order valence-corrected chi connectivity index (χ3v) is 4.33. The highest BCUT2D eigenvalue weighted by atomic mass is 16.2. The molecule has 2 aliphatic rings. The number of likely N-dealkylation sites (N-methyl/N-ethyl adjacent to an activating group) is 1. The highest BCUT2D eigenvalue weighted by Crippen LogP contribution is 2.18. The van der Waals surface area contributed by atoms with E-state index in [0.717, 1.165) is 44.6 Å². The van der Waals surface area contributed by atoms with E-state index in [4.69, 9.17) is 0 Å². The third kappa shape index (κ3) is 6.31. The molecule has 0 spiro atoms. The molecule has 1 heterocycles. The number of carbonyl (C=O) groups is 2. The minimum atomic E-state index is 0.135. The molecule has 0 unspecified atom stereocenters. The van der Waals surface area contributed by atoms with E-state index in [9.17, 15) is 9.59 Å². The standard InChI is InChI=1S/C17H30N4O2/c1-4-21(11-14(2)3)17(23)13-20-9-7-19(8-10-20)12-16(22)18-15-5-6-15/h15H,2,4-13H2,1,3H3,(H,18,22). The van der Waals surface area contributed by atoms with Crippen LogP contribution in [0.5, 0.6) is 0 Å². The first-order valence-corrected chi connectivity index (χ1v) is 8.64. The quantitative estimate of drug-likeness (QED) is 0.654. The summed E-state index contributed by atoms with van der Waals surface area (Å²) in [6.07, 6.45) is 2.25. The zero-order valence-corrected chi connectivity index (χ0v) is 14.5. The number of nitrogens with one attached hydrogen (secondary N) is 1. The monoisotopic (exact) mass is 322 g/mol. The molecule has 0 aromatic heterocycles. The number of amides is 2. The summed E-state index contributed by atoms with van der Waals surface area (Å²) in [6, 6.07) is 0.426. The van der Waals surface area contributed by atoms with E-state index in [2.05, 4.69) is 21.7 Å². The van der Waals surface area contributed by atoms with Gasteiger partial charge in [0.1, 0.15) is 0 Å². The lowest BCUT2D eigenvalue weighted by molar-refractivity contribution is -0.132. The van der Waals surface area contributed by atoms with E-state index in [0.29, 0.717) is 32.2 Å². The van der Waals surface area contributed by atoms with Gasteiger partial charge < -0.3 is 10.2 Å². The van der Waals surface area contributed by atoms with Crippen LogP contribution in [-0.2, 0) is 9.59 Å². The number of carbonyl (C=O) groups excluding carboxylic acids is 2. The average molecular weight is 322 g/mol. The molecule has 1 saturated carbocycles. The van der Waals surface area contributed by atoms with Crippen molar-refractivity contribution in [2.45, 2.75) is 32.7 Å². The van der Waals surface area contributed by atoms with Gasteiger partial charge in [-0.15, -0.1) is 0 Å². The minimum Gasteiger partial charge on any atom is -0.352 e. The van der Waals surface area contributed by atoms with Crippen LogP contribution >= 0.6 is 0 Å². The summed E-state index contributed by atoms with van der Waals surface area (Å²) in [6.45, 7) is 13.5. The Labute approximate surface area is 139 Å². The molecule has 1 aliphatic carbocycles. The summed E-state index contributed by atoms with van der Waals surface area (Å²) in [5.74, 6) is 0.297. The lowest BCUT2D eigenvalue weighted by Crippen LogP contribution is -2.52. The first-order chi connectivity index (χ1) is 11.0. The molecule has 2 fully saturated rings. The molecular formula is C17H30N4O2. The number of rotatable bonds is 8. The van der Waals surface area contributed by atoms with Crippen LogP contribution in [0.1, 0.15) is 26.7 Å². The van der Waals surface area contributed by atoms with E-state index in [-0.39, 0.29) is 11.8 Å². The summed E-state index contributed by atoms with van der Waals surface area (Å²) < 4.78 is 0. The third-order valence-electron chi connectivity index (χ3n) is 4.33. The van der Waals surface area contributed by atoms with Gasteiger partial charge in [-0.25, -0.2) is 0 Å². The molecule has 0 aromatic carbocycles. The maximum atomic E-state index is 12.3. The lowest BCUT2D eigenvalue weighted by atomic mass is 10.2. The topological polar surface area (TPSA) is 55.9 Å². The van der Waals surface area contributed by atoms with Gasteiger partial charge in [0.05, 0.1) is 13.1 Å². The maximum absolute atomic E-state index is 12.3. The van der Waals surface area contributed by atoms with Crippen LogP contribution < -0.4 is 5.32 Å². The van der Waals surface area contributed by atoms with Gasteiger partial charge in [-0.2, -0.15) is 0 Å². The molecule has 130 valence electrons. The fraction of sp³-hybridized carbons (Fsp3) is 0.765. The zero-order valence-electron chi connectivity index (χ0n) is 14.5. The highest BCUT2D eigenvalue weighted by molar-refractivity contribution is 5.79. The smallest absolute Gasteiger partial charge is 0.237 e. The Hall–Kier alpha value is -1.40. The maximum Gasteiger partial charge on any atom is 0.237 e. The van der Waals surface area contributed by atoms with Crippen molar-refractivity contribution in [2.24, 2.45) is 0 Å². The molecule has 0 bridgehead atoms. The molecule has 0 atom stereocenters. The predicted octanol–water partition coefficient (Wildman–Crippen LogP) is 0.307. The van der Waals surface area contributed by atoms with Gasteiger partial charge in [0.15, 0.2) is 0 Å².